The Morgan fingerprint density at radius 2 is 1.84 bits per heavy atom. The van der Waals surface area contributed by atoms with Crippen molar-refractivity contribution in [3.05, 3.63) is 35.4 Å². The lowest BCUT2D eigenvalue weighted by Crippen LogP contribution is -2.55. The van der Waals surface area contributed by atoms with Crippen molar-refractivity contribution in [2.24, 2.45) is 0 Å². The molecule has 0 aliphatic heterocycles. The fourth-order valence-electron chi connectivity index (χ4n) is 3.33. The second kappa shape index (κ2) is 10.5. The van der Waals surface area contributed by atoms with Crippen molar-refractivity contribution in [3.8, 4) is 12.3 Å². The molecule has 0 aromatic heterocycles. The number of terminal acetylenes is 1. The van der Waals surface area contributed by atoms with Crippen molar-refractivity contribution in [2.75, 3.05) is 6.61 Å². The summed E-state index contributed by atoms with van der Waals surface area (Å²) in [6.45, 7) is 8.10. The molecule has 1 aliphatic rings. The number of amides is 3. The first kappa shape index (κ1) is 25.2. The van der Waals surface area contributed by atoms with E-state index >= 15 is 0 Å². The number of carbonyl (C=O) groups excluding carboxylic acids is 3. The molecule has 2 unspecified atom stereocenters. The Kier molecular flexibility index (Phi) is 8.28. The number of hydrogen-bond acceptors (Lipinski definition) is 5. The third-order valence-corrected chi connectivity index (χ3v) is 4.73. The Hall–Kier alpha value is -3.05. The van der Waals surface area contributed by atoms with Crippen LogP contribution in [0.2, 0.25) is 0 Å². The molecule has 0 spiro atoms. The maximum atomic E-state index is 13.5. The SMILES string of the molecule is C#Cc1ccccc1C(C(=O)NC(C)C)N(C(=O)C(CO)NC(=O)OC(C)(C)C)C1CC1. The van der Waals surface area contributed by atoms with Crippen molar-refractivity contribution in [2.45, 2.75) is 77.2 Å². The predicted octanol–water partition coefficient (Wildman–Crippen LogP) is 2.11. The predicted molar refractivity (Wildman–Crippen MR) is 121 cm³/mol. The minimum absolute atomic E-state index is 0.160. The molecule has 2 rings (SSSR count). The molecule has 1 aromatic rings. The molecular weight excluding hydrogens is 410 g/mol. The molecule has 1 aromatic carbocycles. The summed E-state index contributed by atoms with van der Waals surface area (Å²) in [5.41, 5.74) is 0.243. The van der Waals surface area contributed by atoms with Crippen molar-refractivity contribution >= 4 is 17.9 Å². The van der Waals surface area contributed by atoms with Gasteiger partial charge in [0.15, 0.2) is 0 Å². The molecule has 32 heavy (non-hydrogen) atoms. The Bertz CT molecular complexity index is 880. The fraction of sp³-hybridized carbons (Fsp3) is 0.542. The van der Waals surface area contributed by atoms with E-state index < -0.39 is 36.3 Å². The van der Waals surface area contributed by atoms with Crippen LogP contribution in [-0.2, 0) is 14.3 Å². The number of aliphatic hydroxyl groups excluding tert-OH is 1. The molecule has 3 amide bonds. The molecule has 2 atom stereocenters. The number of aliphatic hydroxyl groups is 1. The van der Waals surface area contributed by atoms with E-state index in [1.54, 1.807) is 45.0 Å². The van der Waals surface area contributed by atoms with Crippen LogP contribution in [0.1, 0.15) is 64.6 Å². The zero-order valence-electron chi connectivity index (χ0n) is 19.3. The maximum absolute atomic E-state index is 13.5. The number of nitrogens with zero attached hydrogens (tertiary/aromatic N) is 1. The van der Waals surface area contributed by atoms with Crippen LogP contribution in [-0.4, -0.2) is 58.2 Å². The van der Waals surface area contributed by atoms with Gasteiger partial charge in [0.1, 0.15) is 17.7 Å². The zero-order chi connectivity index (χ0) is 24.1. The maximum Gasteiger partial charge on any atom is 0.408 e. The third-order valence-electron chi connectivity index (χ3n) is 4.73. The number of benzene rings is 1. The van der Waals surface area contributed by atoms with Gasteiger partial charge in [-0.2, -0.15) is 0 Å². The summed E-state index contributed by atoms with van der Waals surface area (Å²) in [7, 11) is 0. The van der Waals surface area contributed by atoms with Gasteiger partial charge in [0, 0.05) is 17.6 Å². The molecule has 0 heterocycles. The van der Waals surface area contributed by atoms with Gasteiger partial charge in [-0.25, -0.2) is 4.79 Å². The minimum atomic E-state index is -1.27. The van der Waals surface area contributed by atoms with E-state index in [9.17, 15) is 19.5 Å². The highest BCUT2D eigenvalue weighted by Crippen LogP contribution is 2.36. The van der Waals surface area contributed by atoms with Gasteiger partial charge in [-0.15, -0.1) is 6.42 Å². The number of ether oxygens (including phenoxy) is 1. The smallest absolute Gasteiger partial charge is 0.408 e. The van der Waals surface area contributed by atoms with E-state index in [0.717, 1.165) is 0 Å². The summed E-state index contributed by atoms with van der Waals surface area (Å²) < 4.78 is 5.22. The summed E-state index contributed by atoms with van der Waals surface area (Å²) in [6.07, 6.45) is 6.26. The number of rotatable bonds is 8. The number of carbonyl (C=O) groups is 3. The van der Waals surface area contributed by atoms with Gasteiger partial charge in [-0.05, 0) is 59.1 Å². The topological polar surface area (TPSA) is 108 Å². The van der Waals surface area contributed by atoms with E-state index in [-0.39, 0.29) is 18.0 Å². The second-order valence-corrected chi connectivity index (χ2v) is 9.16. The van der Waals surface area contributed by atoms with Crippen LogP contribution in [0.3, 0.4) is 0 Å². The molecule has 0 saturated heterocycles. The van der Waals surface area contributed by atoms with E-state index in [1.165, 1.54) is 4.90 Å². The van der Waals surface area contributed by atoms with E-state index in [1.807, 2.05) is 13.8 Å². The van der Waals surface area contributed by atoms with Gasteiger partial charge >= 0.3 is 6.09 Å². The summed E-state index contributed by atoms with van der Waals surface area (Å²) in [5.74, 6) is 1.63. The Morgan fingerprint density at radius 3 is 2.34 bits per heavy atom. The van der Waals surface area contributed by atoms with Crippen LogP contribution in [0.25, 0.3) is 0 Å². The average molecular weight is 444 g/mol. The molecule has 1 fully saturated rings. The Labute approximate surface area is 189 Å². The number of hydrogen-bond donors (Lipinski definition) is 3. The largest absolute Gasteiger partial charge is 0.444 e. The average Bonchev–Trinajstić information content (AvgIpc) is 3.52. The van der Waals surface area contributed by atoms with Crippen molar-refractivity contribution in [1.29, 1.82) is 0 Å². The lowest BCUT2D eigenvalue weighted by molar-refractivity contribution is -0.144. The molecule has 0 radical (unpaired) electrons. The summed E-state index contributed by atoms with van der Waals surface area (Å²) in [6, 6.07) is 4.32. The van der Waals surface area contributed by atoms with Crippen LogP contribution in [0.5, 0.6) is 0 Å². The van der Waals surface area contributed by atoms with Gasteiger partial charge in [0.05, 0.1) is 6.61 Å². The highest BCUT2D eigenvalue weighted by atomic mass is 16.6. The van der Waals surface area contributed by atoms with E-state index in [0.29, 0.717) is 24.0 Å². The monoisotopic (exact) mass is 443 g/mol. The van der Waals surface area contributed by atoms with Crippen LogP contribution in [0.4, 0.5) is 4.79 Å². The Balaban J connectivity index is 2.43. The standard InChI is InChI=1S/C24H33N3O5/c1-7-16-10-8-9-11-18(16)20(21(29)25-15(2)3)27(17-12-13-17)22(30)19(14-28)26-23(31)32-24(4,5)6/h1,8-11,15,17,19-20,28H,12-14H2,2-6H3,(H,25,29)(H,26,31). The molecule has 174 valence electrons. The first-order valence-electron chi connectivity index (χ1n) is 10.8. The molecule has 8 heteroatoms. The van der Waals surface area contributed by atoms with Crippen molar-refractivity contribution in [1.82, 2.24) is 15.5 Å². The second-order valence-electron chi connectivity index (χ2n) is 9.16. The zero-order valence-corrected chi connectivity index (χ0v) is 19.3. The summed E-state index contributed by atoms with van der Waals surface area (Å²) in [4.78, 5) is 40.5. The van der Waals surface area contributed by atoms with E-state index in [4.69, 9.17) is 11.2 Å². The molecule has 1 saturated carbocycles. The van der Waals surface area contributed by atoms with Gasteiger partial charge in [-0.1, -0.05) is 24.1 Å². The van der Waals surface area contributed by atoms with Crippen LogP contribution in [0.15, 0.2) is 24.3 Å². The van der Waals surface area contributed by atoms with Crippen LogP contribution < -0.4 is 10.6 Å². The molecule has 3 N–H and O–H groups in total. The summed E-state index contributed by atoms with van der Waals surface area (Å²) in [5, 5.41) is 15.2. The normalized spacial score (nSPS) is 15.3. The van der Waals surface area contributed by atoms with Gasteiger partial charge in [0.25, 0.3) is 0 Å². The minimum Gasteiger partial charge on any atom is -0.444 e. The molecule has 8 nitrogen and oxygen atoms in total. The number of nitrogens with one attached hydrogen (secondary N) is 2. The molecule has 1 aliphatic carbocycles. The molecular formula is C24H33N3O5. The first-order chi connectivity index (χ1) is 15.0. The highest BCUT2D eigenvalue weighted by molar-refractivity contribution is 5.93. The van der Waals surface area contributed by atoms with Gasteiger partial charge < -0.3 is 25.4 Å². The summed E-state index contributed by atoms with van der Waals surface area (Å²) >= 11 is 0. The molecule has 0 bridgehead atoms. The van der Waals surface area contributed by atoms with Gasteiger partial charge in [-0.3, -0.25) is 9.59 Å². The first-order valence-corrected chi connectivity index (χ1v) is 10.8. The van der Waals surface area contributed by atoms with Crippen molar-refractivity contribution in [3.63, 3.8) is 0 Å². The van der Waals surface area contributed by atoms with Crippen LogP contribution >= 0.6 is 0 Å². The van der Waals surface area contributed by atoms with Gasteiger partial charge in [0.2, 0.25) is 11.8 Å². The quantitative estimate of drug-likeness (QED) is 0.534. The lowest BCUT2D eigenvalue weighted by Gasteiger charge is -2.35. The third kappa shape index (κ3) is 6.72. The number of alkyl carbamates (subject to hydrolysis) is 1. The highest BCUT2D eigenvalue weighted by Gasteiger charge is 2.44. The van der Waals surface area contributed by atoms with Crippen molar-refractivity contribution < 1.29 is 24.2 Å². The van der Waals surface area contributed by atoms with Crippen LogP contribution in [0, 0.1) is 12.3 Å². The fourth-order valence-corrected chi connectivity index (χ4v) is 3.33. The van der Waals surface area contributed by atoms with E-state index in [2.05, 4.69) is 16.6 Å². The lowest BCUT2D eigenvalue weighted by atomic mass is 9.97. The Morgan fingerprint density at radius 1 is 1.22 bits per heavy atom.